The summed E-state index contributed by atoms with van der Waals surface area (Å²) in [4.78, 5) is 29.7. The predicted octanol–water partition coefficient (Wildman–Crippen LogP) is 1.36. The van der Waals surface area contributed by atoms with Crippen molar-refractivity contribution in [1.82, 2.24) is 0 Å². The second kappa shape index (κ2) is 9.70. The molecule has 1 N–H and O–H groups in total. The van der Waals surface area contributed by atoms with E-state index in [-0.39, 0.29) is 6.42 Å². The second-order valence-electron chi connectivity index (χ2n) is 2.46. The quantitative estimate of drug-likeness (QED) is 0.554. The molecule has 0 aliphatic carbocycles. The van der Waals surface area contributed by atoms with Crippen LogP contribution in [0.15, 0.2) is 0 Å². The molecular formula is C9H16O5. The lowest BCUT2D eigenvalue weighted by Gasteiger charge is -1.92. The molecule has 0 atom stereocenters. The molecule has 0 saturated heterocycles. The molecule has 0 radical (unpaired) electrons. The van der Waals surface area contributed by atoms with Crippen LogP contribution in [0.4, 0.5) is 0 Å². The van der Waals surface area contributed by atoms with Gasteiger partial charge in [-0.3, -0.25) is 14.4 Å². The van der Waals surface area contributed by atoms with E-state index in [9.17, 15) is 14.4 Å². The fraction of sp³-hybridized carbons (Fsp3) is 0.667. The zero-order valence-electron chi connectivity index (χ0n) is 8.70. The van der Waals surface area contributed by atoms with E-state index in [1.807, 2.05) is 6.92 Å². The van der Waals surface area contributed by atoms with Gasteiger partial charge in [-0.2, -0.15) is 0 Å². The average molecular weight is 204 g/mol. The van der Waals surface area contributed by atoms with Crippen LogP contribution in [0, 0.1) is 0 Å². The first-order valence-electron chi connectivity index (χ1n) is 4.37. The van der Waals surface area contributed by atoms with E-state index in [0.717, 1.165) is 6.42 Å². The van der Waals surface area contributed by atoms with Gasteiger partial charge in [-0.25, -0.2) is 0 Å². The lowest BCUT2D eigenvalue weighted by Crippen LogP contribution is -2.06. The van der Waals surface area contributed by atoms with Crippen molar-refractivity contribution in [2.24, 2.45) is 0 Å². The molecule has 0 aliphatic heterocycles. The summed E-state index contributed by atoms with van der Waals surface area (Å²) in [6.07, 6.45) is 1.27. The molecule has 0 aromatic carbocycles. The second-order valence-corrected chi connectivity index (χ2v) is 2.46. The van der Waals surface area contributed by atoms with Crippen molar-refractivity contribution < 1.29 is 24.2 Å². The van der Waals surface area contributed by atoms with Gasteiger partial charge in [0.05, 0.1) is 0 Å². The van der Waals surface area contributed by atoms with E-state index in [1.165, 1.54) is 6.92 Å². The van der Waals surface area contributed by atoms with Crippen LogP contribution < -0.4 is 0 Å². The molecule has 0 spiro atoms. The third kappa shape index (κ3) is 16.9. The summed E-state index contributed by atoms with van der Waals surface area (Å²) < 4.78 is 4.12. The zero-order valence-corrected chi connectivity index (χ0v) is 8.70. The highest BCUT2D eigenvalue weighted by Gasteiger charge is 1.99. The van der Waals surface area contributed by atoms with E-state index in [2.05, 4.69) is 4.74 Å². The number of hydrogen-bond donors (Lipinski definition) is 1. The molecule has 0 bridgehead atoms. The van der Waals surface area contributed by atoms with E-state index in [0.29, 0.717) is 6.42 Å². The Hall–Kier alpha value is -1.39. The Morgan fingerprint density at radius 1 is 1.21 bits per heavy atom. The molecule has 0 aromatic heterocycles. The fourth-order valence-corrected chi connectivity index (χ4v) is 0.446. The molecule has 0 amide bonds. The number of aliphatic carboxylic acids is 1. The minimum atomic E-state index is -0.711. The Morgan fingerprint density at radius 3 is 1.79 bits per heavy atom. The highest BCUT2D eigenvalue weighted by atomic mass is 16.6. The van der Waals surface area contributed by atoms with Gasteiger partial charge < -0.3 is 9.84 Å². The van der Waals surface area contributed by atoms with Crippen LogP contribution in [0.1, 0.15) is 40.0 Å². The molecule has 82 valence electrons. The maximum atomic E-state index is 10.2. The molecule has 0 fully saturated rings. The van der Waals surface area contributed by atoms with Crippen molar-refractivity contribution in [2.75, 3.05) is 0 Å². The maximum absolute atomic E-state index is 10.2. The number of carboxylic acid groups (broad SMARTS) is 1. The largest absolute Gasteiger partial charge is 0.481 e. The molecule has 0 rings (SSSR count). The summed E-state index contributed by atoms with van der Waals surface area (Å²) in [5.74, 6) is -1.73. The van der Waals surface area contributed by atoms with Gasteiger partial charge >= 0.3 is 17.9 Å². The maximum Gasteiger partial charge on any atom is 0.313 e. The monoisotopic (exact) mass is 204 g/mol. The van der Waals surface area contributed by atoms with Gasteiger partial charge in [0.2, 0.25) is 0 Å². The number of hydrogen-bond acceptors (Lipinski definition) is 4. The molecule has 0 aliphatic rings. The van der Waals surface area contributed by atoms with Crippen LogP contribution >= 0.6 is 0 Å². The van der Waals surface area contributed by atoms with Crippen LogP contribution in [0.25, 0.3) is 0 Å². The van der Waals surface area contributed by atoms with Crippen LogP contribution in [-0.2, 0) is 19.1 Å². The van der Waals surface area contributed by atoms with Crippen LogP contribution in [0.2, 0.25) is 0 Å². The Balaban J connectivity index is 0. The van der Waals surface area contributed by atoms with Gasteiger partial charge in [-0.1, -0.05) is 13.8 Å². The Bertz CT molecular complexity index is 197. The molecule has 0 heterocycles. The number of ether oxygens (including phenoxy) is 1. The van der Waals surface area contributed by atoms with Crippen molar-refractivity contribution in [3.8, 4) is 0 Å². The van der Waals surface area contributed by atoms with Crippen LogP contribution in [0.5, 0.6) is 0 Å². The first kappa shape index (κ1) is 15.1. The molecule has 5 nitrogen and oxygen atoms in total. The molecule has 0 unspecified atom stereocenters. The lowest BCUT2D eigenvalue weighted by molar-refractivity contribution is -0.157. The minimum absolute atomic E-state index is 0.250. The zero-order chi connectivity index (χ0) is 11.6. The molecular weight excluding hydrogens is 188 g/mol. The summed E-state index contributed by atoms with van der Waals surface area (Å²) >= 11 is 0. The number of carbonyl (C=O) groups excluding carboxylic acids is 2. The number of carbonyl (C=O) groups is 3. The molecule has 0 aromatic rings. The fourth-order valence-electron chi connectivity index (χ4n) is 0.446. The topological polar surface area (TPSA) is 80.7 Å². The standard InChI is InChI=1S/C5H8O3.C4H8O2/c1-3-5(7)8-4(2)6;1-2-3-4(5)6/h3H2,1-2H3;2-3H2,1H3,(H,5,6). The van der Waals surface area contributed by atoms with Gasteiger partial charge in [0, 0.05) is 19.8 Å². The Labute approximate surface area is 83.1 Å². The van der Waals surface area contributed by atoms with E-state index in [4.69, 9.17) is 5.11 Å². The van der Waals surface area contributed by atoms with Gasteiger partial charge in [-0.15, -0.1) is 0 Å². The summed E-state index contributed by atoms with van der Waals surface area (Å²) in [5, 5.41) is 7.91. The van der Waals surface area contributed by atoms with Crippen LogP contribution in [0.3, 0.4) is 0 Å². The van der Waals surface area contributed by atoms with Gasteiger partial charge in [0.15, 0.2) is 0 Å². The summed E-state index contributed by atoms with van der Waals surface area (Å²) in [6.45, 7) is 4.67. The predicted molar refractivity (Wildman–Crippen MR) is 49.6 cm³/mol. The highest BCUT2D eigenvalue weighted by Crippen LogP contribution is 1.83. The first-order valence-corrected chi connectivity index (χ1v) is 4.37. The average Bonchev–Trinajstić information content (AvgIpc) is 2.03. The van der Waals surface area contributed by atoms with E-state index in [1.54, 1.807) is 6.92 Å². The molecule has 14 heavy (non-hydrogen) atoms. The van der Waals surface area contributed by atoms with Crippen LogP contribution in [-0.4, -0.2) is 23.0 Å². The van der Waals surface area contributed by atoms with Crippen molar-refractivity contribution in [3.63, 3.8) is 0 Å². The van der Waals surface area contributed by atoms with Crippen molar-refractivity contribution in [2.45, 2.75) is 40.0 Å². The summed E-state index contributed by atoms with van der Waals surface area (Å²) in [7, 11) is 0. The number of rotatable bonds is 3. The van der Waals surface area contributed by atoms with Gasteiger partial charge in [-0.05, 0) is 6.42 Å². The summed E-state index contributed by atoms with van der Waals surface area (Å²) in [6, 6.07) is 0. The normalized spacial score (nSPS) is 8.21. The third-order valence-electron chi connectivity index (χ3n) is 1.01. The van der Waals surface area contributed by atoms with Crippen molar-refractivity contribution in [3.05, 3.63) is 0 Å². The number of carboxylic acids is 1. The molecule has 0 saturated carbocycles. The first-order chi connectivity index (χ1) is 6.43. The van der Waals surface area contributed by atoms with Crippen molar-refractivity contribution in [1.29, 1.82) is 0 Å². The van der Waals surface area contributed by atoms with Gasteiger partial charge in [0.1, 0.15) is 0 Å². The number of esters is 2. The Morgan fingerprint density at radius 2 is 1.71 bits per heavy atom. The summed E-state index contributed by atoms with van der Waals surface area (Å²) in [5.41, 5.74) is 0. The Kier molecular flexibility index (Phi) is 10.5. The molecule has 5 heteroatoms. The van der Waals surface area contributed by atoms with E-state index < -0.39 is 17.9 Å². The third-order valence-corrected chi connectivity index (χ3v) is 1.01. The smallest absolute Gasteiger partial charge is 0.313 e. The SMILES string of the molecule is CCC(=O)OC(C)=O.CCCC(=O)O. The van der Waals surface area contributed by atoms with E-state index >= 15 is 0 Å². The van der Waals surface area contributed by atoms with Crippen molar-refractivity contribution >= 4 is 17.9 Å². The lowest BCUT2D eigenvalue weighted by atomic mass is 10.4. The highest BCUT2D eigenvalue weighted by molar-refractivity contribution is 5.83. The minimum Gasteiger partial charge on any atom is -0.481 e. The van der Waals surface area contributed by atoms with Gasteiger partial charge in [0.25, 0.3) is 0 Å².